The zero-order valence-electron chi connectivity index (χ0n) is 14.1. The van der Waals surface area contributed by atoms with Crippen molar-refractivity contribution in [3.63, 3.8) is 0 Å². The van der Waals surface area contributed by atoms with Gasteiger partial charge in [-0.05, 0) is 44.4 Å². The van der Waals surface area contributed by atoms with Gasteiger partial charge in [0.2, 0.25) is 5.91 Å². The Bertz CT molecular complexity index is 553. The van der Waals surface area contributed by atoms with Gasteiger partial charge in [-0.1, -0.05) is 0 Å². The van der Waals surface area contributed by atoms with Crippen molar-refractivity contribution < 1.29 is 9.59 Å². The van der Waals surface area contributed by atoms with Crippen molar-refractivity contribution in [2.24, 2.45) is 5.92 Å². The molecule has 6 nitrogen and oxygen atoms in total. The van der Waals surface area contributed by atoms with E-state index in [1.807, 2.05) is 0 Å². The Morgan fingerprint density at radius 3 is 2.60 bits per heavy atom. The fraction of sp³-hybridized carbons (Fsp3) is 0.588. The molecule has 3 rings (SSSR count). The summed E-state index contributed by atoms with van der Waals surface area (Å²) in [5.74, 6) is -0.0216. The van der Waals surface area contributed by atoms with Gasteiger partial charge < -0.3 is 15.5 Å². The summed E-state index contributed by atoms with van der Waals surface area (Å²) in [5.41, 5.74) is 0.637. The maximum atomic E-state index is 12.5. The van der Waals surface area contributed by atoms with Gasteiger partial charge in [-0.15, -0.1) is 24.8 Å². The van der Waals surface area contributed by atoms with Crippen LogP contribution in [0.15, 0.2) is 24.5 Å². The second-order valence-electron chi connectivity index (χ2n) is 6.38. The van der Waals surface area contributed by atoms with Crippen LogP contribution in [-0.4, -0.2) is 53.9 Å². The first-order valence-corrected chi connectivity index (χ1v) is 8.44. The highest BCUT2D eigenvalue weighted by Crippen LogP contribution is 2.19. The third-order valence-corrected chi connectivity index (χ3v) is 4.65. The molecule has 2 N–H and O–H groups in total. The Morgan fingerprint density at radius 1 is 1.16 bits per heavy atom. The Hall–Kier alpha value is -1.37. The number of aromatic nitrogens is 1. The standard InChI is InChI=1S/C17H24N4O2.2ClH/c22-16(20-15-4-1-7-19-11-15)14-3-2-10-21(12-14)17(23)13-5-8-18-9-6-13;;/h5-6,8-9,14-15,19H,1-4,7,10-12H2,(H,20,22);2*1H. The SMILES string of the molecule is Cl.Cl.O=C(NC1CCCNC1)C1CCCN(C(=O)c2ccncc2)C1. The van der Waals surface area contributed by atoms with E-state index in [4.69, 9.17) is 0 Å². The molecule has 140 valence electrons. The van der Waals surface area contributed by atoms with Crippen molar-refractivity contribution in [2.75, 3.05) is 26.2 Å². The number of rotatable bonds is 3. The van der Waals surface area contributed by atoms with E-state index in [2.05, 4.69) is 15.6 Å². The summed E-state index contributed by atoms with van der Waals surface area (Å²) in [6.07, 6.45) is 7.10. The highest BCUT2D eigenvalue weighted by Gasteiger charge is 2.30. The first-order chi connectivity index (χ1) is 11.2. The zero-order valence-corrected chi connectivity index (χ0v) is 15.8. The van der Waals surface area contributed by atoms with Crippen LogP contribution in [0.4, 0.5) is 0 Å². The number of amides is 2. The molecule has 0 spiro atoms. The molecule has 0 saturated carbocycles. The summed E-state index contributed by atoms with van der Waals surface area (Å²) in [6, 6.07) is 3.67. The maximum Gasteiger partial charge on any atom is 0.253 e. The molecule has 2 aliphatic rings. The Kier molecular flexibility index (Phi) is 9.17. The third kappa shape index (κ3) is 5.83. The molecule has 1 aromatic rings. The van der Waals surface area contributed by atoms with E-state index in [1.54, 1.807) is 29.4 Å². The molecule has 3 heterocycles. The summed E-state index contributed by atoms with van der Waals surface area (Å²) in [5, 5.41) is 6.44. The molecule has 0 bridgehead atoms. The lowest BCUT2D eigenvalue weighted by atomic mass is 9.95. The largest absolute Gasteiger partial charge is 0.352 e. The minimum atomic E-state index is -0.100. The van der Waals surface area contributed by atoms with Crippen LogP contribution >= 0.6 is 24.8 Å². The number of hydrogen-bond acceptors (Lipinski definition) is 4. The normalized spacial score (nSPS) is 23.0. The molecular formula is C17H26Cl2N4O2. The van der Waals surface area contributed by atoms with Gasteiger partial charge in [0, 0.05) is 43.6 Å². The number of carbonyl (C=O) groups is 2. The summed E-state index contributed by atoms with van der Waals surface area (Å²) < 4.78 is 0. The Morgan fingerprint density at radius 2 is 1.92 bits per heavy atom. The highest BCUT2D eigenvalue weighted by molar-refractivity contribution is 5.94. The van der Waals surface area contributed by atoms with Crippen LogP contribution in [-0.2, 0) is 4.79 Å². The van der Waals surface area contributed by atoms with E-state index in [-0.39, 0.29) is 48.6 Å². The van der Waals surface area contributed by atoms with Gasteiger partial charge in [0.1, 0.15) is 0 Å². The number of carbonyl (C=O) groups excluding carboxylic acids is 2. The van der Waals surface area contributed by atoms with E-state index in [1.165, 1.54) is 0 Å². The molecule has 2 saturated heterocycles. The lowest BCUT2D eigenvalue weighted by Gasteiger charge is -2.33. The fourth-order valence-electron chi connectivity index (χ4n) is 3.35. The van der Waals surface area contributed by atoms with Crippen LogP contribution in [0.2, 0.25) is 0 Å². The monoisotopic (exact) mass is 388 g/mol. The van der Waals surface area contributed by atoms with E-state index in [9.17, 15) is 9.59 Å². The molecule has 2 amide bonds. The molecule has 8 heteroatoms. The minimum Gasteiger partial charge on any atom is -0.352 e. The summed E-state index contributed by atoms with van der Waals surface area (Å²) in [6.45, 7) is 3.10. The lowest BCUT2D eigenvalue weighted by Crippen LogP contribution is -2.51. The number of piperidine rings is 2. The van der Waals surface area contributed by atoms with Crippen LogP contribution in [0.3, 0.4) is 0 Å². The molecule has 0 aromatic carbocycles. The predicted molar refractivity (Wildman–Crippen MR) is 101 cm³/mol. The summed E-state index contributed by atoms with van der Waals surface area (Å²) in [7, 11) is 0. The number of nitrogens with one attached hydrogen (secondary N) is 2. The van der Waals surface area contributed by atoms with E-state index in [0.29, 0.717) is 12.1 Å². The molecule has 1 aromatic heterocycles. The van der Waals surface area contributed by atoms with Gasteiger partial charge >= 0.3 is 0 Å². The molecule has 2 unspecified atom stereocenters. The average Bonchev–Trinajstić information content (AvgIpc) is 2.63. The number of likely N-dealkylation sites (tertiary alicyclic amines) is 1. The average molecular weight is 389 g/mol. The first kappa shape index (κ1) is 21.7. The zero-order chi connectivity index (χ0) is 16.1. The number of halogens is 2. The van der Waals surface area contributed by atoms with Gasteiger partial charge in [-0.3, -0.25) is 14.6 Å². The second kappa shape index (κ2) is 10.6. The second-order valence-corrected chi connectivity index (χ2v) is 6.38. The topological polar surface area (TPSA) is 74.3 Å². The van der Waals surface area contributed by atoms with Gasteiger partial charge in [0.25, 0.3) is 5.91 Å². The molecule has 25 heavy (non-hydrogen) atoms. The van der Waals surface area contributed by atoms with E-state index < -0.39 is 0 Å². The lowest BCUT2D eigenvalue weighted by molar-refractivity contribution is -0.127. The fourth-order valence-corrected chi connectivity index (χ4v) is 3.35. The van der Waals surface area contributed by atoms with Gasteiger partial charge in [-0.2, -0.15) is 0 Å². The Balaban J connectivity index is 0.00000156. The van der Waals surface area contributed by atoms with Crippen LogP contribution in [0.25, 0.3) is 0 Å². The smallest absolute Gasteiger partial charge is 0.253 e. The third-order valence-electron chi connectivity index (χ3n) is 4.65. The van der Waals surface area contributed by atoms with Crippen molar-refractivity contribution >= 4 is 36.6 Å². The quantitative estimate of drug-likeness (QED) is 0.825. The predicted octanol–water partition coefficient (Wildman–Crippen LogP) is 1.65. The van der Waals surface area contributed by atoms with E-state index in [0.717, 1.165) is 45.3 Å². The van der Waals surface area contributed by atoms with Crippen molar-refractivity contribution in [3.05, 3.63) is 30.1 Å². The highest BCUT2D eigenvalue weighted by atomic mass is 35.5. The number of hydrogen-bond donors (Lipinski definition) is 2. The number of pyridine rings is 1. The van der Waals surface area contributed by atoms with Gasteiger partial charge in [0.05, 0.1) is 5.92 Å². The minimum absolute atomic E-state index is 0. The van der Waals surface area contributed by atoms with Crippen molar-refractivity contribution in [1.29, 1.82) is 0 Å². The van der Waals surface area contributed by atoms with Crippen molar-refractivity contribution in [3.8, 4) is 0 Å². The van der Waals surface area contributed by atoms with Crippen LogP contribution in [0.1, 0.15) is 36.0 Å². The molecule has 0 radical (unpaired) electrons. The van der Waals surface area contributed by atoms with E-state index >= 15 is 0 Å². The molecular weight excluding hydrogens is 363 g/mol. The molecule has 2 aliphatic heterocycles. The van der Waals surface area contributed by atoms with Crippen LogP contribution in [0.5, 0.6) is 0 Å². The molecule has 0 aliphatic carbocycles. The van der Waals surface area contributed by atoms with Crippen LogP contribution in [0, 0.1) is 5.92 Å². The number of nitrogens with zero attached hydrogens (tertiary/aromatic N) is 2. The maximum absolute atomic E-state index is 12.5. The molecule has 2 fully saturated rings. The van der Waals surface area contributed by atoms with Crippen molar-refractivity contribution in [2.45, 2.75) is 31.7 Å². The van der Waals surface area contributed by atoms with Gasteiger partial charge in [0.15, 0.2) is 0 Å². The van der Waals surface area contributed by atoms with Crippen molar-refractivity contribution in [1.82, 2.24) is 20.5 Å². The summed E-state index contributed by atoms with van der Waals surface area (Å²) >= 11 is 0. The molecule has 2 atom stereocenters. The first-order valence-electron chi connectivity index (χ1n) is 8.44. The van der Waals surface area contributed by atoms with Crippen LogP contribution < -0.4 is 10.6 Å². The van der Waals surface area contributed by atoms with Gasteiger partial charge in [-0.25, -0.2) is 0 Å². The Labute approximate surface area is 161 Å². The summed E-state index contributed by atoms with van der Waals surface area (Å²) in [4.78, 5) is 30.7.